The second-order valence-corrected chi connectivity index (χ2v) is 4.41. The Kier molecular flexibility index (Phi) is 3.47. The summed E-state index contributed by atoms with van der Waals surface area (Å²) in [5.74, 6) is -1.13. The number of esters is 1. The van der Waals surface area contributed by atoms with Crippen LogP contribution in [0.1, 0.15) is 17.3 Å². The zero-order chi connectivity index (χ0) is 13.3. The molecule has 0 saturated heterocycles. The lowest BCUT2D eigenvalue weighted by molar-refractivity contribution is 0.0527. The Bertz CT molecular complexity index is 631. The van der Waals surface area contributed by atoms with E-state index in [0.29, 0.717) is 9.99 Å². The van der Waals surface area contributed by atoms with Gasteiger partial charge in [-0.05, 0) is 35.0 Å². The summed E-state index contributed by atoms with van der Waals surface area (Å²) in [7, 11) is 0. The number of nitrogens with two attached hydrogens (primary N) is 1. The quantitative estimate of drug-likeness (QED) is 0.866. The molecule has 0 saturated carbocycles. The third kappa shape index (κ3) is 2.03. The summed E-state index contributed by atoms with van der Waals surface area (Å²) < 4.78 is 19.2. The molecule has 0 aliphatic rings. The number of hydrogen-bond donors (Lipinski definition) is 1. The molecular weight excluding hydrogens is 303 g/mol. The molecule has 94 valence electrons. The van der Waals surface area contributed by atoms with Gasteiger partial charge in [0.25, 0.3) is 0 Å². The van der Waals surface area contributed by atoms with Crippen molar-refractivity contribution in [2.45, 2.75) is 6.92 Å². The van der Waals surface area contributed by atoms with E-state index in [1.54, 1.807) is 6.92 Å². The number of carbonyl (C=O) groups is 1. The fourth-order valence-electron chi connectivity index (χ4n) is 1.63. The van der Waals surface area contributed by atoms with Gasteiger partial charge in [-0.15, -0.1) is 0 Å². The summed E-state index contributed by atoms with van der Waals surface area (Å²) in [6, 6.07) is 2.80. The highest BCUT2D eigenvalue weighted by molar-refractivity contribution is 9.10. The van der Waals surface area contributed by atoms with Crippen LogP contribution in [0, 0.1) is 5.82 Å². The van der Waals surface area contributed by atoms with Gasteiger partial charge in [0.2, 0.25) is 0 Å². The SMILES string of the molecule is CCOC(=O)c1cnc2c(Br)ccc(F)c2c1N. The van der Waals surface area contributed by atoms with Crippen LogP contribution in [0.3, 0.4) is 0 Å². The van der Waals surface area contributed by atoms with Crippen LogP contribution in [0.25, 0.3) is 10.9 Å². The van der Waals surface area contributed by atoms with Crippen LogP contribution in [0.4, 0.5) is 10.1 Å². The Labute approximate surface area is 111 Å². The molecule has 0 unspecified atom stereocenters. The van der Waals surface area contributed by atoms with Crippen LogP contribution >= 0.6 is 15.9 Å². The van der Waals surface area contributed by atoms with Crippen molar-refractivity contribution in [1.82, 2.24) is 4.98 Å². The number of aromatic nitrogens is 1. The van der Waals surface area contributed by atoms with Gasteiger partial charge in [0, 0.05) is 10.7 Å². The fraction of sp³-hybridized carbons (Fsp3) is 0.167. The summed E-state index contributed by atoms with van der Waals surface area (Å²) in [5, 5.41) is 0.120. The summed E-state index contributed by atoms with van der Waals surface area (Å²) in [5.41, 5.74) is 6.30. The van der Waals surface area contributed by atoms with Gasteiger partial charge in [0.1, 0.15) is 11.4 Å². The van der Waals surface area contributed by atoms with Crippen LogP contribution in [-0.2, 0) is 4.74 Å². The molecule has 2 aromatic rings. The first kappa shape index (κ1) is 12.8. The van der Waals surface area contributed by atoms with Crippen LogP contribution < -0.4 is 5.73 Å². The summed E-state index contributed by atoms with van der Waals surface area (Å²) in [6.45, 7) is 1.90. The van der Waals surface area contributed by atoms with Crippen molar-refractivity contribution in [1.29, 1.82) is 0 Å². The molecule has 0 aliphatic heterocycles. The van der Waals surface area contributed by atoms with Crippen molar-refractivity contribution in [3.63, 3.8) is 0 Å². The summed E-state index contributed by atoms with van der Waals surface area (Å²) in [6.07, 6.45) is 1.29. The minimum atomic E-state index is -0.608. The number of rotatable bonds is 2. The second-order valence-electron chi connectivity index (χ2n) is 3.56. The first-order chi connectivity index (χ1) is 8.56. The molecule has 1 heterocycles. The highest BCUT2D eigenvalue weighted by Gasteiger charge is 2.17. The third-order valence-corrected chi connectivity index (χ3v) is 3.10. The van der Waals surface area contributed by atoms with Crippen molar-refractivity contribution in [3.05, 3.63) is 34.2 Å². The Morgan fingerprint density at radius 2 is 2.28 bits per heavy atom. The predicted octanol–water partition coefficient (Wildman–Crippen LogP) is 2.90. The molecule has 2 N–H and O–H groups in total. The van der Waals surface area contributed by atoms with Gasteiger partial charge in [0.05, 0.1) is 23.2 Å². The second kappa shape index (κ2) is 4.89. The molecule has 2 rings (SSSR count). The molecule has 0 bridgehead atoms. The standard InChI is InChI=1S/C12H10BrFN2O2/c1-2-18-12(17)6-5-16-11-7(13)3-4-8(14)9(11)10(6)15/h3-5H,2H2,1H3,(H2,15,16). The average molecular weight is 313 g/mol. The Morgan fingerprint density at radius 3 is 2.94 bits per heavy atom. The summed E-state index contributed by atoms with van der Waals surface area (Å²) in [4.78, 5) is 15.7. The maximum Gasteiger partial charge on any atom is 0.341 e. The van der Waals surface area contributed by atoms with Crippen LogP contribution in [0.2, 0.25) is 0 Å². The molecule has 0 radical (unpaired) electrons. The normalized spacial score (nSPS) is 10.6. The highest BCUT2D eigenvalue weighted by Crippen LogP contribution is 2.30. The van der Waals surface area contributed by atoms with Gasteiger partial charge >= 0.3 is 5.97 Å². The van der Waals surface area contributed by atoms with E-state index in [9.17, 15) is 9.18 Å². The van der Waals surface area contributed by atoms with E-state index in [1.165, 1.54) is 18.3 Å². The number of carbonyl (C=O) groups excluding carboxylic acids is 1. The Hall–Kier alpha value is -1.69. The number of fused-ring (bicyclic) bond motifs is 1. The van der Waals surface area contributed by atoms with E-state index < -0.39 is 11.8 Å². The molecule has 4 nitrogen and oxygen atoms in total. The Balaban J connectivity index is 2.71. The fourth-order valence-corrected chi connectivity index (χ4v) is 2.06. The van der Waals surface area contributed by atoms with Crippen molar-refractivity contribution in [2.75, 3.05) is 12.3 Å². The molecule has 0 fully saturated rings. The molecule has 1 aromatic heterocycles. The van der Waals surface area contributed by atoms with Gasteiger partial charge in [0.15, 0.2) is 0 Å². The number of ether oxygens (including phenoxy) is 1. The van der Waals surface area contributed by atoms with Crippen molar-refractivity contribution < 1.29 is 13.9 Å². The minimum Gasteiger partial charge on any atom is -0.462 e. The van der Waals surface area contributed by atoms with Crippen molar-refractivity contribution in [2.24, 2.45) is 0 Å². The number of nitrogen functional groups attached to an aromatic ring is 1. The number of benzene rings is 1. The molecule has 6 heteroatoms. The average Bonchev–Trinajstić information content (AvgIpc) is 2.34. The number of anilines is 1. The Morgan fingerprint density at radius 1 is 1.56 bits per heavy atom. The zero-order valence-corrected chi connectivity index (χ0v) is 11.1. The number of halogens is 2. The predicted molar refractivity (Wildman–Crippen MR) is 69.8 cm³/mol. The van der Waals surface area contributed by atoms with Crippen molar-refractivity contribution in [3.8, 4) is 0 Å². The molecule has 0 spiro atoms. The molecule has 0 atom stereocenters. The smallest absolute Gasteiger partial charge is 0.341 e. The first-order valence-electron chi connectivity index (χ1n) is 5.25. The van der Waals surface area contributed by atoms with E-state index in [0.717, 1.165) is 0 Å². The van der Waals surface area contributed by atoms with E-state index in [-0.39, 0.29) is 23.2 Å². The molecule has 1 aromatic carbocycles. The maximum atomic E-state index is 13.8. The van der Waals surface area contributed by atoms with E-state index >= 15 is 0 Å². The van der Waals surface area contributed by atoms with Crippen LogP contribution in [-0.4, -0.2) is 17.6 Å². The van der Waals surface area contributed by atoms with Gasteiger partial charge < -0.3 is 10.5 Å². The minimum absolute atomic E-state index is 0.0391. The topological polar surface area (TPSA) is 65.2 Å². The van der Waals surface area contributed by atoms with Gasteiger partial charge in [-0.3, -0.25) is 4.98 Å². The van der Waals surface area contributed by atoms with Gasteiger partial charge in [-0.2, -0.15) is 0 Å². The lowest BCUT2D eigenvalue weighted by atomic mass is 10.1. The largest absolute Gasteiger partial charge is 0.462 e. The molecule has 18 heavy (non-hydrogen) atoms. The summed E-state index contributed by atoms with van der Waals surface area (Å²) >= 11 is 3.26. The zero-order valence-electron chi connectivity index (χ0n) is 9.54. The number of nitrogens with zero attached hydrogens (tertiary/aromatic N) is 1. The van der Waals surface area contributed by atoms with Crippen LogP contribution in [0.15, 0.2) is 22.8 Å². The van der Waals surface area contributed by atoms with E-state index in [4.69, 9.17) is 10.5 Å². The number of pyridine rings is 1. The first-order valence-corrected chi connectivity index (χ1v) is 6.04. The molecule has 0 aliphatic carbocycles. The maximum absolute atomic E-state index is 13.8. The number of hydrogen-bond acceptors (Lipinski definition) is 4. The van der Waals surface area contributed by atoms with Gasteiger partial charge in [-0.25, -0.2) is 9.18 Å². The highest BCUT2D eigenvalue weighted by atomic mass is 79.9. The molecular formula is C12H10BrFN2O2. The lowest BCUT2D eigenvalue weighted by Crippen LogP contribution is -2.09. The lowest BCUT2D eigenvalue weighted by Gasteiger charge is -2.09. The monoisotopic (exact) mass is 312 g/mol. The van der Waals surface area contributed by atoms with Crippen LogP contribution in [0.5, 0.6) is 0 Å². The van der Waals surface area contributed by atoms with E-state index in [1.807, 2.05) is 0 Å². The van der Waals surface area contributed by atoms with Crippen molar-refractivity contribution >= 4 is 38.5 Å². The van der Waals surface area contributed by atoms with Gasteiger partial charge in [-0.1, -0.05) is 0 Å². The third-order valence-electron chi connectivity index (χ3n) is 2.46. The van der Waals surface area contributed by atoms with E-state index in [2.05, 4.69) is 20.9 Å². The molecule has 0 amide bonds.